The number of rotatable bonds is 1. The standard InChI is InChI=1S/C6H5BO2S/c1-3-2-4(7)10-5(3)6(8)9/h2H,1H3,(H,8,9). The van der Waals surface area contributed by atoms with E-state index in [0.717, 1.165) is 16.9 Å². The molecule has 0 bridgehead atoms. The Morgan fingerprint density at radius 2 is 2.40 bits per heavy atom. The third-order valence-electron chi connectivity index (χ3n) is 1.13. The van der Waals surface area contributed by atoms with Crippen molar-refractivity contribution in [3.63, 3.8) is 0 Å². The van der Waals surface area contributed by atoms with Gasteiger partial charge in [0.2, 0.25) is 0 Å². The molecule has 2 nitrogen and oxygen atoms in total. The van der Waals surface area contributed by atoms with E-state index in [1.807, 2.05) is 0 Å². The largest absolute Gasteiger partial charge is 0.477 e. The Morgan fingerprint density at radius 3 is 2.60 bits per heavy atom. The Hall–Kier alpha value is -0.765. The molecule has 1 N–H and O–H groups in total. The van der Waals surface area contributed by atoms with Crippen LogP contribution in [-0.2, 0) is 0 Å². The maximum atomic E-state index is 10.4. The first-order valence-electron chi connectivity index (χ1n) is 2.70. The molecule has 0 atom stereocenters. The second-order valence-corrected chi connectivity index (χ2v) is 3.05. The second kappa shape index (κ2) is 2.46. The highest BCUT2D eigenvalue weighted by atomic mass is 32.1. The molecule has 4 heteroatoms. The van der Waals surface area contributed by atoms with E-state index in [9.17, 15) is 4.79 Å². The highest BCUT2D eigenvalue weighted by Crippen LogP contribution is 2.11. The van der Waals surface area contributed by atoms with Crippen molar-refractivity contribution < 1.29 is 9.90 Å². The summed E-state index contributed by atoms with van der Waals surface area (Å²) in [7, 11) is 5.37. The normalized spacial score (nSPS) is 9.70. The molecule has 0 unspecified atom stereocenters. The van der Waals surface area contributed by atoms with Gasteiger partial charge in [0.05, 0.1) is 0 Å². The van der Waals surface area contributed by atoms with Gasteiger partial charge in [-0.2, -0.15) is 0 Å². The zero-order valence-corrected chi connectivity index (χ0v) is 6.23. The van der Waals surface area contributed by atoms with E-state index in [2.05, 4.69) is 0 Å². The van der Waals surface area contributed by atoms with E-state index in [1.54, 1.807) is 13.0 Å². The van der Waals surface area contributed by atoms with Gasteiger partial charge >= 0.3 is 5.97 Å². The molecule has 0 saturated heterocycles. The van der Waals surface area contributed by atoms with Gasteiger partial charge in [0.1, 0.15) is 12.7 Å². The number of carbonyl (C=O) groups is 1. The van der Waals surface area contributed by atoms with Gasteiger partial charge in [0, 0.05) is 0 Å². The predicted octanol–water partition coefficient (Wildman–Crippen LogP) is 0.549. The van der Waals surface area contributed by atoms with Crippen LogP contribution in [0.3, 0.4) is 0 Å². The summed E-state index contributed by atoms with van der Waals surface area (Å²) in [4.78, 5) is 10.7. The average Bonchev–Trinajstić information content (AvgIpc) is 2.10. The molecule has 0 aromatic carbocycles. The smallest absolute Gasteiger partial charge is 0.346 e. The van der Waals surface area contributed by atoms with Crippen molar-refractivity contribution in [2.45, 2.75) is 6.92 Å². The fourth-order valence-electron chi connectivity index (χ4n) is 0.719. The van der Waals surface area contributed by atoms with Crippen LogP contribution in [0.25, 0.3) is 0 Å². The topological polar surface area (TPSA) is 37.3 Å². The van der Waals surface area contributed by atoms with Crippen LogP contribution in [0, 0.1) is 6.92 Å². The molecule has 0 aliphatic rings. The summed E-state index contributed by atoms with van der Waals surface area (Å²) in [6.45, 7) is 1.73. The molecule has 0 aliphatic carbocycles. The summed E-state index contributed by atoms with van der Waals surface area (Å²) in [5, 5.41) is 8.53. The summed E-state index contributed by atoms with van der Waals surface area (Å²) in [6, 6.07) is 1.66. The first kappa shape index (κ1) is 7.34. The molecule has 1 aromatic heterocycles. The van der Waals surface area contributed by atoms with Crippen molar-refractivity contribution in [1.82, 2.24) is 0 Å². The second-order valence-electron chi connectivity index (χ2n) is 1.97. The number of carboxylic acids is 1. The third-order valence-corrected chi connectivity index (χ3v) is 2.19. The molecule has 50 valence electrons. The summed E-state index contributed by atoms with van der Waals surface area (Å²) in [5.74, 6) is -0.904. The molecule has 1 heterocycles. The van der Waals surface area contributed by atoms with Crippen LogP contribution in [0.1, 0.15) is 15.2 Å². The van der Waals surface area contributed by atoms with Gasteiger partial charge in [-0.05, 0) is 17.3 Å². The number of hydrogen-bond acceptors (Lipinski definition) is 2. The Bertz CT molecular complexity index is 267. The van der Waals surface area contributed by atoms with Crippen molar-refractivity contribution in [3.8, 4) is 0 Å². The quantitative estimate of drug-likeness (QED) is 0.596. The molecule has 0 spiro atoms. The minimum absolute atomic E-state index is 0.331. The van der Waals surface area contributed by atoms with Gasteiger partial charge in [-0.3, -0.25) is 0 Å². The van der Waals surface area contributed by atoms with Crippen LogP contribution in [0.2, 0.25) is 0 Å². The molecular weight excluding hydrogens is 147 g/mol. The lowest BCUT2D eigenvalue weighted by Crippen LogP contribution is -1.93. The molecule has 0 amide bonds. The van der Waals surface area contributed by atoms with Crippen LogP contribution in [-0.4, -0.2) is 18.9 Å². The highest BCUT2D eigenvalue weighted by Gasteiger charge is 2.08. The minimum Gasteiger partial charge on any atom is -0.477 e. The van der Waals surface area contributed by atoms with Crippen LogP contribution in [0.15, 0.2) is 6.07 Å². The van der Waals surface area contributed by atoms with Crippen molar-refractivity contribution in [1.29, 1.82) is 0 Å². The summed E-state index contributed by atoms with van der Waals surface area (Å²) < 4.78 is 0.551. The van der Waals surface area contributed by atoms with Gasteiger partial charge in [-0.1, -0.05) is 6.07 Å². The Labute approximate surface area is 63.9 Å². The molecule has 2 radical (unpaired) electrons. The number of carboxylic acid groups (broad SMARTS) is 1. The first-order valence-corrected chi connectivity index (χ1v) is 3.52. The maximum Gasteiger partial charge on any atom is 0.346 e. The van der Waals surface area contributed by atoms with Gasteiger partial charge in [0.15, 0.2) is 0 Å². The van der Waals surface area contributed by atoms with Gasteiger partial charge in [-0.15, -0.1) is 11.3 Å². The lowest BCUT2D eigenvalue weighted by molar-refractivity contribution is 0.0701. The number of thiophene rings is 1. The first-order chi connectivity index (χ1) is 4.61. The third kappa shape index (κ3) is 1.21. The van der Waals surface area contributed by atoms with E-state index in [0.29, 0.717) is 9.65 Å². The Morgan fingerprint density at radius 1 is 1.80 bits per heavy atom. The van der Waals surface area contributed by atoms with Gasteiger partial charge < -0.3 is 5.11 Å². The van der Waals surface area contributed by atoms with Crippen molar-refractivity contribution in [3.05, 3.63) is 16.5 Å². The molecule has 1 rings (SSSR count). The molecule has 0 aliphatic heterocycles. The number of aromatic carboxylic acids is 1. The molecule has 0 fully saturated rings. The zero-order valence-electron chi connectivity index (χ0n) is 5.42. The van der Waals surface area contributed by atoms with E-state index in [-0.39, 0.29) is 0 Å². The number of hydrogen-bond donors (Lipinski definition) is 1. The van der Waals surface area contributed by atoms with Crippen LogP contribution in [0.5, 0.6) is 0 Å². The Balaban J connectivity index is 3.15. The van der Waals surface area contributed by atoms with Crippen LogP contribution in [0.4, 0.5) is 0 Å². The fourth-order valence-corrected chi connectivity index (χ4v) is 1.50. The van der Waals surface area contributed by atoms with E-state index >= 15 is 0 Å². The lowest BCUT2D eigenvalue weighted by atomic mass is 10.1. The van der Waals surface area contributed by atoms with Crippen molar-refractivity contribution in [2.24, 2.45) is 0 Å². The van der Waals surface area contributed by atoms with E-state index in [1.165, 1.54) is 0 Å². The summed E-state index contributed by atoms with van der Waals surface area (Å²) in [6.07, 6.45) is 0. The zero-order chi connectivity index (χ0) is 7.72. The van der Waals surface area contributed by atoms with Gasteiger partial charge in [0.25, 0.3) is 0 Å². The molecular formula is C6H5BO2S. The highest BCUT2D eigenvalue weighted by molar-refractivity contribution is 7.21. The van der Waals surface area contributed by atoms with Crippen molar-refractivity contribution in [2.75, 3.05) is 0 Å². The molecule has 1 aromatic rings. The lowest BCUT2D eigenvalue weighted by Gasteiger charge is -1.86. The van der Waals surface area contributed by atoms with E-state index in [4.69, 9.17) is 13.0 Å². The Kier molecular flexibility index (Phi) is 1.81. The minimum atomic E-state index is -0.904. The SMILES string of the molecule is [B]c1cc(C)c(C(=O)O)s1. The van der Waals surface area contributed by atoms with Crippen LogP contribution >= 0.6 is 11.3 Å². The molecule has 10 heavy (non-hydrogen) atoms. The number of aryl methyl sites for hydroxylation is 1. The van der Waals surface area contributed by atoms with E-state index < -0.39 is 5.97 Å². The summed E-state index contributed by atoms with van der Waals surface area (Å²) in [5.41, 5.74) is 0.731. The van der Waals surface area contributed by atoms with Crippen LogP contribution < -0.4 is 4.78 Å². The van der Waals surface area contributed by atoms with Crippen molar-refractivity contribution >= 4 is 29.9 Å². The predicted molar refractivity (Wildman–Crippen MR) is 41.4 cm³/mol. The fraction of sp³-hybridized carbons (Fsp3) is 0.167. The maximum absolute atomic E-state index is 10.4. The summed E-state index contributed by atoms with van der Waals surface area (Å²) >= 11 is 1.10. The molecule has 0 saturated carbocycles. The monoisotopic (exact) mass is 152 g/mol. The van der Waals surface area contributed by atoms with Gasteiger partial charge in [-0.25, -0.2) is 4.79 Å². The average molecular weight is 152 g/mol.